The summed E-state index contributed by atoms with van der Waals surface area (Å²) in [6.07, 6.45) is 0. The van der Waals surface area contributed by atoms with Crippen molar-refractivity contribution in [3.63, 3.8) is 0 Å². The molecular formula is C5H9O3P. The Bertz CT molecular complexity index is 185. The van der Waals surface area contributed by atoms with Crippen molar-refractivity contribution in [2.45, 2.75) is 6.92 Å². The van der Waals surface area contributed by atoms with Gasteiger partial charge in [-0.15, -0.1) is 0 Å². The molecule has 0 amide bonds. The second-order valence-electron chi connectivity index (χ2n) is 1.97. The molecule has 0 aliphatic carbocycles. The zero-order valence-electron chi connectivity index (χ0n) is 5.46. The molecule has 0 bridgehead atoms. The maximum atomic E-state index is 11.1. The minimum atomic E-state index is -2.77. The fourth-order valence-corrected chi connectivity index (χ4v) is 1.92. The molecule has 0 fully saturated rings. The average Bonchev–Trinajstić information content (AvgIpc) is 2.13. The third-order valence-corrected chi connectivity index (χ3v) is 2.86. The first kappa shape index (κ1) is 7.00. The van der Waals surface area contributed by atoms with Gasteiger partial charge in [-0.1, -0.05) is 0 Å². The molecule has 0 aromatic rings. The fraction of sp³-hybridized carbons (Fsp3) is 0.600. The lowest BCUT2D eigenvalue weighted by molar-refractivity contribution is 0.270. The van der Waals surface area contributed by atoms with E-state index in [4.69, 9.17) is 4.52 Å². The third-order valence-electron chi connectivity index (χ3n) is 1.11. The highest BCUT2D eigenvalue weighted by molar-refractivity contribution is 7.57. The summed E-state index contributed by atoms with van der Waals surface area (Å²) in [7, 11) is -1.38. The van der Waals surface area contributed by atoms with E-state index in [9.17, 15) is 4.57 Å². The highest BCUT2D eigenvalue weighted by atomic mass is 31.2. The second-order valence-corrected chi connectivity index (χ2v) is 3.93. The van der Waals surface area contributed by atoms with Gasteiger partial charge in [0.1, 0.15) is 0 Å². The standard InChI is InChI=1S/C5H9O3P/c1-5-3-8-9(6,4-5)7-2/h4H,3H2,1-2H3. The molecule has 0 saturated carbocycles. The van der Waals surface area contributed by atoms with Gasteiger partial charge in [-0.2, -0.15) is 0 Å². The van der Waals surface area contributed by atoms with E-state index in [0.29, 0.717) is 6.61 Å². The quantitative estimate of drug-likeness (QED) is 0.531. The molecule has 0 N–H and O–H groups in total. The van der Waals surface area contributed by atoms with Crippen LogP contribution >= 0.6 is 7.60 Å². The van der Waals surface area contributed by atoms with Crippen LogP contribution in [-0.2, 0) is 13.6 Å². The van der Waals surface area contributed by atoms with Crippen LogP contribution in [0.2, 0.25) is 0 Å². The molecule has 1 aliphatic rings. The van der Waals surface area contributed by atoms with E-state index in [2.05, 4.69) is 4.52 Å². The van der Waals surface area contributed by atoms with Crippen LogP contribution < -0.4 is 0 Å². The van der Waals surface area contributed by atoms with Gasteiger partial charge >= 0.3 is 7.60 Å². The topological polar surface area (TPSA) is 35.5 Å². The van der Waals surface area contributed by atoms with Crippen LogP contribution in [0.15, 0.2) is 11.4 Å². The Hall–Kier alpha value is -0.110. The zero-order chi connectivity index (χ0) is 6.91. The van der Waals surface area contributed by atoms with E-state index in [-0.39, 0.29) is 0 Å². The van der Waals surface area contributed by atoms with E-state index in [0.717, 1.165) is 5.57 Å². The van der Waals surface area contributed by atoms with E-state index in [1.54, 1.807) is 5.82 Å². The Morgan fingerprint density at radius 2 is 2.56 bits per heavy atom. The van der Waals surface area contributed by atoms with Gasteiger partial charge in [0.15, 0.2) is 0 Å². The van der Waals surface area contributed by atoms with Crippen LogP contribution in [-0.4, -0.2) is 13.7 Å². The van der Waals surface area contributed by atoms with Gasteiger partial charge in [-0.25, -0.2) is 0 Å². The Labute approximate surface area is 54.2 Å². The molecule has 3 nitrogen and oxygen atoms in total. The predicted octanol–water partition coefficient (Wildman–Crippen LogP) is 1.76. The number of hydrogen-bond acceptors (Lipinski definition) is 3. The number of hydrogen-bond donors (Lipinski definition) is 0. The van der Waals surface area contributed by atoms with Gasteiger partial charge in [-0.3, -0.25) is 4.57 Å². The van der Waals surface area contributed by atoms with Gasteiger partial charge in [0.25, 0.3) is 0 Å². The average molecular weight is 148 g/mol. The van der Waals surface area contributed by atoms with Crippen molar-refractivity contribution >= 4 is 7.60 Å². The Balaban J connectivity index is 2.77. The van der Waals surface area contributed by atoms with Gasteiger partial charge in [0, 0.05) is 12.9 Å². The molecule has 1 heterocycles. The Kier molecular flexibility index (Phi) is 1.75. The largest absolute Gasteiger partial charge is 0.354 e. The molecule has 52 valence electrons. The summed E-state index contributed by atoms with van der Waals surface area (Å²) in [5, 5.41) is 0. The van der Waals surface area contributed by atoms with Crippen LogP contribution in [0, 0.1) is 0 Å². The highest BCUT2D eigenvalue weighted by Crippen LogP contribution is 2.53. The van der Waals surface area contributed by atoms with E-state index < -0.39 is 7.60 Å². The van der Waals surface area contributed by atoms with E-state index in [1.165, 1.54) is 7.11 Å². The van der Waals surface area contributed by atoms with Crippen LogP contribution in [0.25, 0.3) is 0 Å². The highest BCUT2D eigenvalue weighted by Gasteiger charge is 2.25. The Morgan fingerprint density at radius 1 is 1.89 bits per heavy atom. The molecule has 1 atom stereocenters. The van der Waals surface area contributed by atoms with E-state index >= 15 is 0 Å². The molecule has 0 aromatic heterocycles. The van der Waals surface area contributed by atoms with Crippen molar-refractivity contribution in [2.75, 3.05) is 13.7 Å². The summed E-state index contributed by atoms with van der Waals surface area (Å²) >= 11 is 0. The summed E-state index contributed by atoms with van der Waals surface area (Å²) in [5.41, 5.74) is 0.972. The van der Waals surface area contributed by atoms with Crippen molar-refractivity contribution < 1.29 is 13.6 Å². The van der Waals surface area contributed by atoms with Gasteiger partial charge in [0.2, 0.25) is 0 Å². The van der Waals surface area contributed by atoms with Gasteiger partial charge < -0.3 is 9.05 Å². The second kappa shape index (κ2) is 2.25. The zero-order valence-corrected chi connectivity index (χ0v) is 6.35. The molecule has 0 spiro atoms. The first-order chi connectivity index (χ1) is 4.16. The fourth-order valence-electron chi connectivity index (χ4n) is 0.642. The van der Waals surface area contributed by atoms with Gasteiger partial charge in [-0.05, 0) is 12.5 Å². The lowest BCUT2D eigenvalue weighted by Gasteiger charge is -2.03. The summed E-state index contributed by atoms with van der Waals surface area (Å²) < 4.78 is 20.5. The molecule has 0 aromatic carbocycles. The SMILES string of the molecule is COP1(=O)C=C(C)CO1. The van der Waals surface area contributed by atoms with Gasteiger partial charge in [0.05, 0.1) is 6.61 Å². The monoisotopic (exact) mass is 148 g/mol. The van der Waals surface area contributed by atoms with Crippen LogP contribution in [0.3, 0.4) is 0 Å². The normalized spacial score (nSPS) is 34.7. The molecule has 4 heteroatoms. The Morgan fingerprint density at radius 3 is 2.78 bits per heavy atom. The molecule has 1 unspecified atom stereocenters. The first-order valence-corrected chi connectivity index (χ1v) is 4.26. The summed E-state index contributed by atoms with van der Waals surface area (Å²) in [4.78, 5) is 0. The molecular weight excluding hydrogens is 139 g/mol. The molecule has 1 rings (SSSR count). The smallest absolute Gasteiger partial charge is 0.309 e. The summed E-state index contributed by atoms with van der Waals surface area (Å²) in [6.45, 7) is 2.30. The molecule has 1 aliphatic heterocycles. The first-order valence-electron chi connectivity index (χ1n) is 2.65. The molecule has 0 radical (unpaired) electrons. The number of rotatable bonds is 1. The van der Waals surface area contributed by atoms with Crippen molar-refractivity contribution in [1.82, 2.24) is 0 Å². The van der Waals surface area contributed by atoms with E-state index in [1.807, 2.05) is 6.92 Å². The third kappa shape index (κ3) is 1.42. The maximum Gasteiger partial charge on any atom is 0.354 e. The van der Waals surface area contributed by atoms with Crippen molar-refractivity contribution in [2.24, 2.45) is 0 Å². The van der Waals surface area contributed by atoms with Crippen LogP contribution in [0.5, 0.6) is 0 Å². The minimum absolute atomic E-state index is 0.436. The van der Waals surface area contributed by atoms with Crippen molar-refractivity contribution in [3.05, 3.63) is 11.4 Å². The lowest BCUT2D eigenvalue weighted by atomic mass is 10.4. The van der Waals surface area contributed by atoms with Crippen LogP contribution in [0.4, 0.5) is 0 Å². The minimum Gasteiger partial charge on any atom is -0.309 e. The lowest BCUT2D eigenvalue weighted by Crippen LogP contribution is -1.82. The van der Waals surface area contributed by atoms with Crippen molar-refractivity contribution in [1.29, 1.82) is 0 Å². The van der Waals surface area contributed by atoms with Crippen molar-refractivity contribution in [3.8, 4) is 0 Å². The maximum absolute atomic E-state index is 11.1. The summed E-state index contributed by atoms with van der Waals surface area (Å²) in [5.74, 6) is 1.55. The van der Waals surface area contributed by atoms with Crippen LogP contribution in [0.1, 0.15) is 6.92 Å². The molecule has 9 heavy (non-hydrogen) atoms. The molecule has 0 saturated heterocycles. The summed E-state index contributed by atoms with van der Waals surface area (Å²) in [6, 6.07) is 0. The predicted molar refractivity (Wildman–Crippen MR) is 34.3 cm³/mol.